The Bertz CT molecular complexity index is 464. The van der Waals surface area contributed by atoms with Crippen molar-refractivity contribution >= 4 is 5.78 Å². The lowest BCUT2D eigenvalue weighted by molar-refractivity contribution is 1.05. The molecule has 2 aromatic heterocycles. The molecule has 0 radical (unpaired) electrons. The van der Waals surface area contributed by atoms with Crippen molar-refractivity contribution in [2.24, 2.45) is 0 Å². The molecule has 2 rings (SSSR count). The summed E-state index contributed by atoms with van der Waals surface area (Å²) in [4.78, 5) is 4.07. The molecule has 0 saturated carbocycles. The first-order valence-electron chi connectivity index (χ1n) is 3.38. The van der Waals surface area contributed by atoms with Crippen LogP contribution in [0.1, 0.15) is 11.3 Å². The van der Waals surface area contributed by atoms with Crippen LogP contribution in [-0.4, -0.2) is 19.6 Å². The minimum absolute atomic E-state index is 0.520. The van der Waals surface area contributed by atoms with Crippen molar-refractivity contribution in [1.82, 2.24) is 19.6 Å². The Labute approximate surface area is 68.3 Å². The second kappa shape index (κ2) is 2.27. The minimum atomic E-state index is 0.520. The van der Waals surface area contributed by atoms with Gasteiger partial charge in [0, 0.05) is 6.20 Å². The molecule has 2 aromatic rings. The average molecular weight is 159 g/mol. The van der Waals surface area contributed by atoms with Crippen LogP contribution in [0.2, 0.25) is 0 Å². The summed E-state index contributed by atoms with van der Waals surface area (Å²) in [5, 5.41) is 16.1. The van der Waals surface area contributed by atoms with Gasteiger partial charge in [-0.05, 0) is 6.92 Å². The molecule has 5 heteroatoms. The fraction of sp³-hybridized carbons (Fsp3) is 0.143. The second-order valence-electron chi connectivity index (χ2n) is 2.39. The van der Waals surface area contributed by atoms with E-state index in [4.69, 9.17) is 5.26 Å². The van der Waals surface area contributed by atoms with E-state index >= 15 is 0 Å². The van der Waals surface area contributed by atoms with Gasteiger partial charge in [0.15, 0.2) is 0 Å². The smallest absolute Gasteiger partial charge is 0.255 e. The van der Waals surface area contributed by atoms with E-state index in [-0.39, 0.29) is 0 Å². The average Bonchev–Trinajstić information content (AvgIpc) is 2.49. The largest absolute Gasteiger partial charge is 0.272 e. The Balaban J connectivity index is 2.84. The van der Waals surface area contributed by atoms with E-state index in [1.165, 1.54) is 6.33 Å². The number of aryl methyl sites for hydroxylation is 1. The van der Waals surface area contributed by atoms with Crippen LogP contribution in [0.5, 0.6) is 0 Å². The van der Waals surface area contributed by atoms with E-state index in [0.717, 1.165) is 0 Å². The van der Waals surface area contributed by atoms with Crippen LogP contribution in [-0.2, 0) is 0 Å². The zero-order valence-electron chi connectivity index (χ0n) is 6.39. The predicted molar refractivity (Wildman–Crippen MR) is 40.2 cm³/mol. The van der Waals surface area contributed by atoms with Crippen molar-refractivity contribution in [3.63, 3.8) is 0 Å². The van der Waals surface area contributed by atoms with Crippen LogP contribution < -0.4 is 0 Å². The first-order chi connectivity index (χ1) is 5.81. The molecule has 0 aliphatic rings. The highest BCUT2D eigenvalue weighted by atomic mass is 15.3. The first-order valence-corrected chi connectivity index (χ1v) is 3.38. The van der Waals surface area contributed by atoms with Crippen molar-refractivity contribution in [3.05, 3.63) is 23.8 Å². The Morgan fingerprint density at radius 3 is 3.17 bits per heavy atom. The Morgan fingerprint density at radius 1 is 1.58 bits per heavy atom. The van der Waals surface area contributed by atoms with Gasteiger partial charge in [-0.15, -0.1) is 10.2 Å². The summed E-state index contributed by atoms with van der Waals surface area (Å²) in [7, 11) is 0. The molecule has 0 aromatic carbocycles. The number of hydrogen-bond donors (Lipinski definition) is 0. The summed E-state index contributed by atoms with van der Waals surface area (Å²) >= 11 is 0. The highest BCUT2D eigenvalue weighted by Crippen LogP contribution is 2.03. The summed E-state index contributed by atoms with van der Waals surface area (Å²) in [6.07, 6.45) is 3.18. The van der Waals surface area contributed by atoms with Gasteiger partial charge in [-0.2, -0.15) is 5.26 Å². The van der Waals surface area contributed by atoms with Crippen LogP contribution >= 0.6 is 0 Å². The zero-order valence-corrected chi connectivity index (χ0v) is 6.39. The monoisotopic (exact) mass is 159 g/mol. The van der Waals surface area contributed by atoms with Gasteiger partial charge in [-0.25, -0.2) is 4.98 Å². The Morgan fingerprint density at radius 2 is 2.42 bits per heavy atom. The molecule has 58 valence electrons. The van der Waals surface area contributed by atoms with Gasteiger partial charge in [0.25, 0.3) is 5.78 Å². The van der Waals surface area contributed by atoms with Crippen molar-refractivity contribution in [3.8, 4) is 6.07 Å². The normalized spacial score (nSPS) is 10.0. The summed E-state index contributed by atoms with van der Waals surface area (Å²) in [6, 6.07) is 2.04. The predicted octanol–water partition coefficient (Wildman–Crippen LogP) is 0.304. The SMILES string of the molecule is Cc1nc2nncn2cc1C#N. The maximum Gasteiger partial charge on any atom is 0.255 e. The summed E-state index contributed by atoms with van der Waals surface area (Å²) in [6.45, 7) is 1.77. The maximum atomic E-state index is 8.67. The van der Waals surface area contributed by atoms with E-state index in [1.807, 2.05) is 6.07 Å². The van der Waals surface area contributed by atoms with Crippen LogP contribution in [0.3, 0.4) is 0 Å². The molecule has 2 heterocycles. The lowest BCUT2D eigenvalue weighted by atomic mass is 10.3. The molecule has 0 unspecified atom stereocenters. The van der Waals surface area contributed by atoms with E-state index in [0.29, 0.717) is 17.0 Å². The van der Waals surface area contributed by atoms with Crippen molar-refractivity contribution < 1.29 is 0 Å². The molecule has 12 heavy (non-hydrogen) atoms. The Hall–Kier alpha value is -1.96. The van der Waals surface area contributed by atoms with Gasteiger partial charge in [0.1, 0.15) is 12.4 Å². The maximum absolute atomic E-state index is 8.67. The quantitative estimate of drug-likeness (QED) is 0.554. The molecule has 5 nitrogen and oxygen atoms in total. The number of rotatable bonds is 0. The number of nitriles is 1. The number of aromatic nitrogens is 4. The molecular weight excluding hydrogens is 154 g/mol. The fourth-order valence-corrected chi connectivity index (χ4v) is 0.960. The molecule has 0 aliphatic carbocycles. The highest BCUT2D eigenvalue weighted by Gasteiger charge is 2.02. The van der Waals surface area contributed by atoms with Gasteiger partial charge in [0.05, 0.1) is 11.3 Å². The van der Waals surface area contributed by atoms with Gasteiger partial charge in [0.2, 0.25) is 0 Å². The summed E-state index contributed by atoms with van der Waals surface area (Å²) in [5.74, 6) is 0.520. The van der Waals surface area contributed by atoms with E-state index in [1.54, 1.807) is 17.5 Å². The van der Waals surface area contributed by atoms with Gasteiger partial charge in [-0.3, -0.25) is 4.40 Å². The highest BCUT2D eigenvalue weighted by molar-refractivity contribution is 5.37. The summed E-state index contributed by atoms with van der Waals surface area (Å²) < 4.78 is 1.62. The van der Waals surface area contributed by atoms with E-state index in [9.17, 15) is 0 Å². The number of fused-ring (bicyclic) bond motifs is 1. The van der Waals surface area contributed by atoms with Gasteiger partial charge < -0.3 is 0 Å². The third-order valence-electron chi connectivity index (χ3n) is 1.60. The third-order valence-corrected chi connectivity index (χ3v) is 1.60. The topological polar surface area (TPSA) is 66.9 Å². The van der Waals surface area contributed by atoms with Crippen LogP contribution in [0.25, 0.3) is 5.78 Å². The molecule has 0 aliphatic heterocycles. The van der Waals surface area contributed by atoms with E-state index < -0.39 is 0 Å². The van der Waals surface area contributed by atoms with Gasteiger partial charge >= 0.3 is 0 Å². The lowest BCUT2D eigenvalue weighted by Gasteiger charge is -1.95. The minimum Gasteiger partial charge on any atom is -0.272 e. The van der Waals surface area contributed by atoms with Gasteiger partial charge in [-0.1, -0.05) is 0 Å². The second-order valence-corrected chi connectivity index (χ2v) is 2.39. The third kappa shape index (κ3) is 0.820. The van der Waals surface area contributed by atoms with Crippen LogP contribution in [0.4, 0.5) is 0 Å². The van der Waals surface area contributed by atoms with Crippen LogP contribution in [0.15, 0.2) is 12.5 Å². The van der Waals surface area contributed by atoms with E-state index in [2.05, 4.69) is 15.2 Å². The van der Waals surface area contributed by atoms with Crippen LogP contribution in [0, 0.1) is 18.3 Å². The molecule has 0 bridgehead atoms. The molecule has 0 atom stereocenters. The number of nitrogens with zero attached hydrogens (tertiary/aromatic N) is 5. The lowest BCUT2D eigenvalue weighted by Crippen LogP contribution is -1.94. The van der Waals surface area contributed by atoms with Crippen molar-refractivity contribution in [2.45, 2.75) is 6.92 Å². The first kappa shape index (κ1) is 6.73. The Kier molecular flexibility index (Phi) is 1.27. The molecular formula is C7H5N5. The molecule has 0 fully saturated rings. The van der Waals surface area contributed by atoms with Crippen molar-refractivity contribution in [1.29, 1.82) is 5.26 Å². The fourth-order valence-electron chi connectivity index (χ4n) is 0.960. The van der Waals surface area contributed by atoms with Crippen molar-refractivity contribution in [2.75, 3.05) is 0 Å². The summed E-state index contributed by atoms with van der Waals surface area (Å²) in [5.41, 5.74) is 1.22. The molecule has 0 saturated heterocycles. The number of hydrogen-bond acceptors (Lipinski definition) is 4. The molecule has 0 amide bonds. The standard InChI is InChI=1S/C7H5N5/c1-5-6(2-8)3-12-4-9-11-7(12)10-5/h3-4H,1H3. The molecule has 0 spiro atoms. The zero-order chi connectivity index (χ0) is 8.55. The molecule has 0 N–H and O–H groups in total.